The SMILES string of the molecule is COn1c(C(=O)O)nc2ccc(Cl)cc21. The van der Waals surface area contributed by atoms with E-state index in [1.54, 1.807) is 18.2 Å². The van der Waals surface area contributed by atoms with Crippen molar-refractivity contribution in [2.24, 2.45) is 0 Å². The van der Waals surface area contributed by atoms with Crippen molar-refractivity contribution in [2.75, 3.05) is 7.11 Å². The summed E-state index contributed by atoms with van der Waals surface area (Å²) in [5.41, 5.74) is 1.06. The number of halogens is 1. The van der Waals surface area contributed by atoms with E-state index in [9.17, 15) is 4.79 Å². The minimum absolute atomic E-state index is 0.172. The highest BCUT2D eigenvalue weighted by Crippen LogP contribution is 2.19. The van der Waals surface area contributed by atoms with Crippen molar-refractivity contribution in [1.29, 1.82) is 0 Å². The van der Waals surface area contributed by atoms with E-state index >= 15 is 0 Å². The van der Waals surface area contributed by atoms with Gasteiger partial charge in [0.15, 0.2) is 0 Å². The monoisotopic (exact) mass is 226 g/mol. The molecule has 1 heterocycles. The number of carboxylic acid groups (broad SMARTS) is 1. The van der Waals surface area contributed by atoms with Crippen LogP contribution < -0.4 is 4.84 Å². The molecule has 0 atom stereocenters. The first kappa shape index (κ1) is 9.79. The number of nitrogens with zero attached hydrogens (tertiary/aromatic N) is 2. The van der Waals surface area contributed by atoms with Crippen molar-refractivity contribution < 1.29 is 14.7 Å². The number of fused-ring (bicyclic) bond motifs is 1. The highest BCUT2D eigenvalue weighted by molar-refractivity contribution is 6.31. The van der Waals surface area contributed by atoms with Gasteiger partial charge in [0, 0.05) is 5.02 Å². The molecule has 0 unspecified atom stereocenters. The van der Waals surface area contributed by atoms with Crippen LogP contribution in [0, 0.1) is 0 Å². The van der Waals surface area contributed by atoms with Gasteiger partial charge in [0.2, 0.25) is 0 Å². The number of aromatic nitrogens is 2. The van der Waals surface area contributed by atoms with Crippen molar-refractivity contribution in [1.82, 2.24) is 9.71 Å². The lowest BCUT2D eigenvalue weighted by atomic mass is 10.3. The lowest BCUT2D eigenvalue weighted by Gasteiger charge is -2.02. The lowest BCUT2D eigenvalue weighted by Crippen LogP contribution is -2.14. The molecule has 0 aliphatic carbocycles. The number of imidazole rings is 1. The minimum atomic E-state index is -1.15. The number of hydrogen-bond donors (Lipinski definition) is 1. The van der Waals surface area contributed by atoms with Gasteiger partial charge in [-0.2, -0.15) is 4.73 Å². The zero-order valence-corrected chi connectivity index (χ0v) is 8.52. The van der Waals surface area contributed by atoms with Gasteiger partial charge < -0.3 is 9.94 Å². The molecule has 1 N–H and O–H groups in total. The Morgan fingerprint density at radius 2 is 2.33 bits per heavy atom. The maximum Gasteiger partial charge on any atom is 0.375 e. The maximum atomic E-state index is 10.8. The van der Waals surface area contributed by atoms with Crippen molar-refractivity contribution in [3.63, 3.8) is 0 Å². The quantitative estimate of drug-likeness (QED) is 0.842. The molecule has 0 fully saturated rings. The van der Waals surface area contributed by atoms with Crippen LogP contribution in [-0.4, -0.2) is 27.9 Å². The van der Waals surface area contributed by atoms with Crippen molar-refractivity contribution in [3.8, 4) is 0 Å². The number of aromatic carboxylic acids is 1. The van der Waals surface area contributed by atoms with Crippen LogP contribution in [0.5, 0.6) is 0 Å². The molecule has 15 heavy (non-hydrogen) atoms. The molecule has 6 heteroatoms. The highest BCUT2D eigenvalue weighted by Gasteiger charge is 2.17. The summed E-state index contributed by atoms with van der Waals surface area (Å²) in [5, 5.41) is 9.37. The van der Waals surface area contributed by atoms with Gasteiger partial charge in [-0.15, -0.1) is 0 Å². The van der Waals surface area contributed by atoms with Crippen LogP contribution in [0.3, 0.4) is 0 Å². The van der Waals surface area contributed by atoms with Gasteiger partial charge in [-0.1, -0.05) is 11.6 Å². The fourth-order valence-corrected chi connectivity index (χ4v) is 1.51. The predicted octanol–water partition coefficient (Wildman–Crippen LogP) is 1.45. The van der Waals surface area contributed by atoms with Crippen LogP contribution in [0.1, 0.15) is 10.6 Å². The molecule has 2 aromatic rings. The summed E-state index contributed by atoms with van der Waals surface area (Å²) in [6.07, 6.45) is 0. The van der Waals surface area contributed by atoms with Gasteiger partial charge in [0.05, 0.1) is 5.52 Å². The van der Waals surface area contributed by atoms with E-state index in [1.807, 2.05) is 0 Å². The molecule has 5 nitrogen and oxygen atoms in total. The van der Waals surface area contributed by atoms with Gasteiger partial charge >= 0.3 is 5.97 Å². The average Bonchev–Trinajstić information content (AvgIpc) is 2.55. The third kappa shape index (κ3) is 1.50. The summed E-state index contributed by atoms with van der Waals surface area (Å²) in [4.78, 5) is 19.7. The normalized spacial score (nSPS) is 10.5. The van der Waals surface area contributed by atoms with Gasteiger partial charge in [0.1, 0.15) is 12.6 Å². The minimum Gasteiger partial charge on any atom is -0.475 e. The Kier molecular flexibility index (Phi) is 2.24. The number of hydrogen-bond acceptors (Lipinski definition) is 3. The Balaban J connectivity index is 2.79. The molecule has 0 aliphatic rings. The summed E-state index contributed by atoms with van der Waals surface area (Å²) in [6.45, 7) is 0. The number of carbonyl (C=O) groups is 1. The summed E-state index contributed by atoms with van der Waals surface area (Å²) < 4.78 is 1.13. The van der Waals surface area contributed by atoms with Crippen molar-refractivity contribution >= 4 is 28.6 Å². The average molecular weight is 227 g/mol. The Bertz CT molecular complexity index is 535. The van der Waals surface area contributed by atoms with Gasteiger partial charge in [0.25, 0.3) is 5.82 Å². The third-order valence-corrected chi connectivity index (χ3v) is 2.18. The molecule has 78 valence electrons. The maximum absolute atomic E-state index is 10.8. The summed E-state index contributed by atoms with van der Waals surface area (Å²) >= 11 is 5.79. The molecular formula is C9H7ClN2O3. The summed E-state index contributed by atoms with van der Waals surface area (Å²) in [6, 6.07) is 4.88. The first-order valence-electron chi connectivity index (χ1n) is 4.09. The number of benzene rings is 1. The molecule has 2 rings (SSSR count). The summed E-state index contributed by atoms with van der Waals surface area (Å²) in [5.74, 6) is -1.32. The van der Waals surface area contributed by atoms with Crippen LogP contribution in [0.4, 0.5) is 0 Å². The molecule has 0 saturated carbocycles. The smallest absolute Gasteiger partial charge is 0.375 e. The van der Waals surface area contributed by atoms with E-state index < -0.39 is 5.97 Å². The molecular weight excluding hydrogens is 220 g/mol. The molecule has 0 aliphatic heterocycles. The van der Waals surface area contributed by atoms with Gasteiger partial charge in [-0.05, 0) is 18.2 Å². The molecule has 1 aromatic heterocycles. The van der Waals surface area contributed by atoms with Crippen LogP contribution in [0.2, 0.25) is 5.02 Å². The van der Waals surface area contributed by atoms with E-state index in [1.165, 1.54) is 7.11 Å². The van der Waals surface area contributed by atoms with Crippen molar-refractivity contribution in [2.45, 2.75) is 0 Å². The van der Waals surface area contributed by atoms with Gasteiger partial charge in [-0.3, -0.25) is 0 Å². The molecule has 0 saturated heterocycles. The van der Waals surface area contributed by atoms with Crippen LogP contribution in [-0.2, 0) is 0 Å². The fraction of sp³-hybridized carbons (Fsp3) is 0.111. The first-order valence-corrected chi connectivity index (χ1v) is 4.47. The zero-order chi connectivity index (χ0) is 11.0. The molecule has 0 radical (unpaired) electrons. The van der Waals surface area contributed by atoms with E-state index in [0.29, 0.717) is 16.1 Å². The summed E-state index contributed by atoms with van der Waals surface area (Å²) in [7, 11) is 1.37. The van der Waals surface area contributed by atoms with E-state index in [2.05, 4.69) is 4.98 Å². The molecule has 0 amide bonds. The Hall–Kier alpha value is -1.75. The Labute approximate surface area is 89.8 Å². The van der Waals surface area contributed by atoms with Crippen molar-refractivity contribution in [3.05, 3.63) is 29.0 Å². The number of carboxylic acids is 1. The largest absolute Gasteiger partial charge is 0.475 e. The zero-order valence-electron chi connectivity index (χ0n) is 7.77. The van der Waals surface area contributed by atoms with E-state index in [-0.39, 0.29) is 5.82 Å². The van der Waals surface area contributed by atoms with Gasteiger partial charge in [-0.25, -0.2) is 9.78 Å². The Morgan fingerprint density at radius 1 is 1.60 bits per heavy atom. The Morgan fingerprint density at radius 3 is 2.93 bits per heavy atom. The molecule has 1 aromatic carbocycles. The van der Waals surface area contributed by atoms with E-state index in [0.717, 1.165) is 4.73 Å². The van der Waals surface area contributed by atoms with Crippen LogP contribution in [0.25, 0.3) is 11.0 Å². The fourth-order valence-electron chi connectivity index (χ4n) is 1.35. The second kappa shape index (κ2) is 3.43. The predicted molar refractivity (Wildman–Crippen MR) is 54.2 cm³/mol. The second-order valence-electron chi connectivity index (χ2n) is 2.85. The lowest BCUT2D eigenvalue weighted by molar-refractivity contribution is 0.0635. The molecule has 0 bridgehead atoms. The molecule has 0 spiro atoms. The highest BCUT2D eigenvalue weighted by atomic mass is 35.5. The topological polar surface area (TPSA) is 64.3 Å². The third-order valence-electron chi connectivity index (χ3n) is 1.95. The number of rotatable bonds is 2. The van der Waals surface area contributed by atoms with E-state index in [4.69, 9.17) is 21.5 Å². The van der Waals surface area contributed by atoms with Crippen LogP contribution >= 0.6 is 11.6 Å². The second-order valence-corrected chi connectivity index (χ2v) is 3.29. The van der Waals surface area contributed by atoms with Crippen LogP contribution in [0.15, 0.2) is 18.2 Å². The standard InChI is InChI=1S/C9H7ClN2O3/c1-15-12-7-4-5(10)2-3-6(7)11-8(12)9(13)14/h2-4H,1H3,(H,13,14). The first-order chi connectivity index (χ1) is 7.13.